The number of carbonyl (C=O) groups excluding carboxylic acids is 3. The number of morpholine rings is 1. The van der Waals surface area contributed by atoms with E-state index < -0.39 is 6.04 Å². The number of hydrogen-bond donors (Lipinski definition) is 1. The van der Waals surface area contributed by atoms with Gasteiger partial charge in [-0.3, -0.25) is 9.59 Å². The number of nitrogens with zero attached hydrogens (tertiary/aromatic N) is 3. The Morgan fingerprint density at radius 3 is 2.48 bits per heavy atom. The summed E-state index contributed by atoms with van der Waals surface area (Å²) in [6.45, 7) is 3.21. The van der Waals surface area contributed by atoms with Crippen LogP contribution in [0.15, 0.2) is 30.3 Å². The molecule has 1 N–H and O–H groups in total. The fraction of sp³-hybridized carbons (Fsp3) is 0.571. The molecule has 3 heterocycles. The highest BCUT2D eigenvalue weighted by molar-refractivity contribution is 5.94. The molecular formula is C21H28N4O4. The molecule has 8 heteroatoms. The van der Waals surface area contributed by atoms with Crippen molar-refractivity contribution in [2.24, 2.45) is 0 Å². The molecule has 3 saturated heterocycles. The van der Waals surface area contributed by atoms with Crippen molar-refractivity contribution in [3.63, 3.8) is 0 Å². The van der Waals surface area contributed by atoms with Gasteiger partial charge in [-0.15, -0.1) is 0 Å². The second-order valence-electron chi connectivity index (χ2n) is 7.84. The van der Waals surface area contributed by atoms with Gasteiger partial charge in [-0.05, 0) is 37.8 Å². The van der Waals surface area contributed by atoms with E-state index in [-0.39, 0.29) is 30.5 Å². The fourth-order valence-corrected chi connectivity index (χ4v) is 4.51. The molecule has 0 spiro atoms. The molecule has 3 aliphatic heterocycles. The first-order valence-electron chi connectivity index (χ1n) is 10.4. The number of likely N-dealkylation sites (tertiary alicyclic amines) is 2. The van der Waals surface area contributed by atoms with Gasteiger partial charge >= 0.3 is 6.03 Å². The van der Waals surface area contributed by atoms with Crippen molar-refractivity contribution >= 4 is 23.5 Å². The van der Waals surface area contributed by atoms with Crippen LogP contribution in [0.5, 0.6) is 0 Å². The second kappa shape index (κ2) is 8.82. The number of urea groups is 1. The van der Waals surface area contributed by atoms with Gasteiger partial charge in [-0.2, -0.15) is 0 Å². The Morgan fingerprint density at radius 1 is 1.00 bits per heavy atom. The quantitative estimate of drug-likeness (QED) is 0.834. The number of ether oxygens (including phenoxy) is 1. The highest BCUT2D eigenvalue weighted by Crippen LogP contribution is 2.24. The van der Waals surface area contributed by atoms with Crippen LogP contribution in [0, 0.1) is 0 Å². The molecular weight excluding hydrogens is 372 g/mol. The number of amides is 4. The van der Waals surface area contributed by atoms with Crippen molar-refractivity contribution < 1.29 is 19.1 Å². The maximum atomic E-state index is 13.1. The summed E-state index contributed by atoms with van der Waals surface area (Å²) in [6.07, 6.45) is 3.08. The third kappa shape index (κ3) is 4.37. The smallest absolute Gasteiger partial charge is 0.322 e. The zero-order chi connectivity index (χ0) is 20.2. The molecule has 0 bridgehead atoms. The van der Waals surface area contributed by atoms with Gasteiger partial charge in [0.05, 0.1) is 6.61 Å². The molecule has 4 rings (SSSR count). The van der Waals surface area contributed by atoms with E-state index in [0.717, 1.165) is 24.9 Å². The largest absolute Gasteiger partial charge is 0.370 e. The molecule has 1 atom stereocenters. The lowest BCUT2D eigenvalue weighted by atomic mass is 10.0. The zero-order valence-corrected chi connectivity index (χ0v) is 16.6. The van der Waals surface area contributed by atoms with Gasteiger partial charge in [0.25, 0.3) is 0 Å². The van der Waals surface area contributed by atoms with Crippen LogP contribution in [0.3, 0.4) is 0 Å². The second-order valence-corrected chi connectivity index (χ2v) is 7.84. The van der Waals surface area contributed by atoms with Crippen molar-refractivity contribution in [3.8, 4) is 0 Å². The van der Waals surface area contributed by atoms with Crippen LogP contribution >= 0.6 is 0 Å². The third-order valence-corrected chi connectivity index (χ3v) is 6.06. The average Bonchev–Trinajstić information content (AvgIpc) is 3.25. The molecule has 29 heavy (non-hydrogen) atoms. The fourth-order valence-electron chi connectivity index (χ4n) is 4.51. The molecule has 3 fully saturated rings. The van der Waals surface area contributed by atoms with Crippen molar-refractivity contribution in [1.82, 2.24) is 14.7 Å². The number of piperidine rings is 1. The topological polar surface area (TPSA) is 82.2 Å². The lowest BCUT2D eigenvalue weighted by Gasteiger charge is -2.41. The van der Waals surface area contributed by atoms with Gasteiger partial charge < -0.3 is 24.8 Å². The summed E-state index contributed by atoms with van der Waals surface area (Å²) in [5.74, 6) is 0.0676. The van der Waals surface area contributed by atoms with E-state index in [1.54, 1.807) is 4.90 Å². The molecule has 0 saturated carbocycles. The molecule has 0 aliphatic carbocycles. The minimum Gasteiger partial charge on any atom is -0.370 e. The molecule has 0 aromatic heterocycles. The van der Waals surface area contributed by atoms with Crippen LogP contribution in [0.2, 0.25) is 0 Å². The highest BCUT2D eigenvalue weighted by atomic mass is 16.5. The van der Waals surface area contributed by atoms with Crippen LogP contribution in [0.1, 0.15) is 25.7 Å². The Bertz CT molecular complexity index is 748. The summed E-state index contributed by atoms with van der Waals surface area (Å²) in [4.78, 5) is 43.3. The summed E-state index contributed by atoms with van der Waals surface area (Å²) in [6, 6.07) is 8.85. The average molecular weight is 400 g/mol. The van der Waals surface area contributed by atoms with Crippen molar-refractivity contribution in [1.29, 1.82) is 0 Å². The predicted octanol–water partition coefficient (Wildman–Crippen LogP) is 1.53. The summed E-state index contributed by atoms with van der Waals surface area (Å²) < 4.78 is 5.21. The van der Waals surface area contributed by atoms with Crippen molar-refractivity contribution in [2.75, 3.05) is 44.7 Å². The van der Waals surface area contributed by atoms with E-state index >= 15 is 0 Å². The summed E-state index contributed by atoms with van der Waals surface area (Å²) in [7, 11) is 0. The van der Waals surface area contributed by atoms with E-state index in [1.807, 2.05) is 40.1 Å². The monoisotopic (exact) mass is 400 g/mol. The van der Waals surface area contributed by atoms with E-state index in [4.69, 9.17) is 4.74 Å². The van der Waals surface area contributed by atoms with Crippen molar-refractivity contribution in [3.05, 3.63) is 30.3 Å². The third-order valence-electron chi connectivity index (χ3n) is 6.06. The minimum absolute atomic E-state index is 0.0254. The van der Waals surface area contributed by atoms with Gasteiger partial charge in [0.2, 0.25) is 11.8 Å². The van der Waals surface area contributed by atoms with Crippen LogP contribution in [-0.2, 0) is 14.3 Å². The maximum absolute atomic E-state index is 13.1. The molecule has 1 aromatic rings. The van der Waals surface area contributed by atoms with Crippen molar-refractivity contribution in [2.45, 2.75) is 37.8 Å². The summed E-state index contributed by atoms with van der Waals surface area (Å²) in [5, 5.41) is 2.89. The highest BCUT2D eigenvalue weighted by Gasteiger charge is 2.38. The Kier molecular flexibility index (Phi) is 5.99. The minimum atomic E-state index is -0.403. The molecule has 8 nitrogen and oxygen atoms in total. The van der Waals surface area contributed by atoms with Crippen LogP contribution in [0.4, 0.5) is 10.5 Å². The first kappa shape index (κ1) is 19.7. The zero-order valence-electron chi connectivity index (χ0n) is 16.6. The normalized spacial score (nSPS) is 23.4. The molecule has 3 aliphatic rings. The number of anilines is 1. The van der Waals surface area contributed by atoms with Crippen LogP contribution in [0.25, 0.3) is 0 Å². The van der Waals surface area contributed by atoms with Crippen LogP contribution < -0.4 is 5.32 Å². The predicted molar refractivity (Wildman–Crippen MR) is 107 cm³/mol. The number of rotatable bonds is 3. The van der Waals surface area contributed by atoms with E-state index in [9.17, 15) is 14.4 Å². The number of benzene rings is 1. The summed E-state index contributed by atoms with van der Waals surface area (Å²) in [5.41, 5.74) is 0.728. The lowest BCUT2D eigenvalue weighted by Crippen LogP contribution is -2.55. The number of para-hydroxylation sites is 1. The number of nitrogens with one attached hydrogen (secondary N) is 1. The van der Waals surface area contributed by atoms with Gasteiger partial charge in [-0.1, -0.05) is 18.2 Å². The molecule has 4 amide bonds. The molecule has 156 valence electrons. The molecule has 0 radical (unpaired) electrons. The Labute approximate surface area is 170 Å². The van der Waals surface area contributed by atoms with E-state index in [0.29, 0.717) is 39.2 Å². The Balaban J connectivity index is 1.33. The van der Waals surface area contributed by atoms with E-state index in [1.165, 1.54) is 0 Å². The number of carbonyl (C=O) groups is 3. The van der Waals surface area contributed by atoms with Gasteiger partial charge in [0.1, 0.15) is 12.6 Å². The summed E-state index contributed by atoms with van der Waals surface area (Å²) >= 11 is 0. The van der Waals surface area contributed by atoms with Gasteiger partial charge in [0, 0.05) is 37.9 Å². The Hall–Kier alpha value is -2.61. The standard InChI is InChI=1S/C21H28N4O4/c26-19-15-29-14-13-24(19)17-8-11-23(12-9-17)20(27)18-7-4-10-25(18)21(28)22-16-5-2-1-3-6-16/h1-3,5-6,17-18H,4,7-15H2,(H,22,28). The maximum Gasteiger partial charge on any atom is 0.322 e. The first-order valence-corrected chi connectivity index (χ1v) is 10.4. The number of hydrogen-bond acceptors (Lipinski definition) is 4. The lowest BCUT2D eigenvalue weighted by molar-refractivity contribution is -0.147. The van der Waals surface area contributed by atoms with Gasteiger partial charge in [-0.25, -0.2) is 4.79 Å². The SMILES string of the molecule is O=C(C1CCCN1C(=O)Nc1ccccc1)N1CCC(N2CCOCC2=O)CC1. The Morgan fingerprint density at radius 2 is 1.76 bits per heavy atom. The van der Waals surface area contributed by atoms with E-state index in [2.05, 4.69) is 5.32 Å². The molecule has 1 aromatic carbocycles. The van der Waals surface area contributed by atoms with Crippen LogP contribution in [-0.4, -0.2) is 84.0 Å². The van der Waals surface area contributed by atoms with Gasteiger partial charge in [0.15, 0.2) is 0 Å². The first-order chi connectivity index (χ1) is 14.1. The molecule has 1 unspecified atom stereocenters.